The lowest BCUT2D eigenvalue weighted by Crippen LogP contribution is -2.29. The zero-order valence-electron chi connectivity index (χ0n) is 17.7. The number of halogens is 1. The summed E-state index contributed by atoms with van der Waals surface area (Å²) in [5.74, 6) is 0.643. The molecule has 4 aromatic rings. The first-order chi connectivity index (χ1) is 16.3. The van der Waals surface area contributed by atoms with E-state index in [1.165, 1.54) is 18.3 Å². The van der Waals surface area contributed by atoms with E-state index in [-0.39, 0.29) is 22.9 Å². The molecule has 0 atom stereocenters. The number of sulfonamides is 1. The number of hydrogen-bond donors (Lipinski definition) is 4. The first kappa shape index (κ1) is 22.1. The summed E-state index contributed by atoms with van der Waals surface area (Å²) in [4.78, 5) is 21.0. The van der Waals surface area contributed by atoms with Crippen LogP contribution in [0.25, 0.3) is 10.9 Å². The van der Waals surface area contributed by atoms with Gasteiger partial charge in [0.05, 0.1) is 16.6 Å². The topological polar surface area (TPSA) is 144 Å². The summed E-state index contributed by atoms with van der Waals surface area (Å²) in [5.41, 5.74) is 2.10. The summed E-state index contributed by atoms with van der Waals surface area (Å²) >= 11 is 6.29. The highest BCUT2D eigenvalue weighted by Gasteiger charge is 2.24. The van der Waals surface area contributed by atoms with Gasteiger partial charge in [0.25, 0.3) is 0 Å². The van der Waals surface area contributed by atoms with Crippen molar-refractivity contribution in [1.29, 1.82) is 0 Å². The van der Waals surface area contributed by atoms with Crippen LogP contribution in [-0.2, 0) is 10.0 Å². The molecule has 1 aliphatic rings. The van der Waals surface area contributed by atoms with Gasteiger partial charge in [-0.3, -0.25) is 4.57 Å². The lowest BCUT2D eigenvalue weighted by atomic mass is 10.2. The van der Waals surface area contributed by atoms with Crippen LogP contribution in [-0.4, -0.2) is 35.0 Å². The molecule has 174 valence electrons. The Balaban J connectivity index is 1.34. The second-order valence-corrected chi connectivity index (χ2v) is 9.86. The molecule has 1 aliphatic carbocycles. The predicted molar refractivity (Wildman–Crippen MR) is 130 cm³/mol. The van der Waals surface area contributed by atoms with E-state index in [2.05, 4.69) is 25.9 Å². The van der Waals surface area contributed by atoms with Gasteiger partial charge in [-0.2, -0.15) is 4.98 Å². The average Bonchev–Trinajstić information content (AvgIpc) is 3.51. The van der Waals surface area contributed by atoms with Crippen molar-refractivity contribution in [1.82, 2.24) is 19.9 Å². The number of rotatable bonds is 6. The lowest BCUT2D eigenvalue weighted by Gasteiger charge is -2.11. The normalized spacial score (nSPS) is 13.6. The molecule has 2 heterocycles. The van der Waals surface area contributed by atoms with Gasteiger partial charge in [-0.25, -0.2) is 23.3 Å². The van der Waals surface area contributed by atoms with Crippen LogP contribution in [0.2, 0.25) is 5.02 Å². The summed E-state index contributed by atoms with van der Waals surface area (Å²) < 4.78 is 24.4. The van der Waals surface area contributed by atoms with E-state index in [1.807, 2.05) is 24.3 Å². The molecule has 5 rings (SSSR count). The molecule has 2 aromatic carbocycles. The maximum atomic E-state index is 12.4. The summed E-state index contributed by atoms with van der Waals surface area (Å²) in [6, 6.07) is 13.5. The van der Waals surface area contributed by atoms with Crippen LogP contribution in [0.1, 0.15) is 12.8 Å². The molecule has 12 heteroatoms. The van der Waals surface area contributed by atoms with Crippen molar-refractivity contribution in [2.45, 2.75) is 23.8 Å². The third-order valence-corrected chi connectivity index (χ3v) is 6.47. The van der Waals surface area contributed by atoms with E-state index >= 15 is 0 Å². The van der Waals surface area contributed by atoms with E-state index in [0.717, 1.165) is 29.4 Å². The number of benzene rings is 2. The number of nitrogens with zero attached hydrogens (tertiary/aromatic N) is 3. The van der Waals surface area contributed by atoms with Gasteiger partial charge in [-0.1, -0.05) is 11.6 Å². The number of primary sulfonamides is 1. The van der Waals surface area contributed by atoms with Gasteiger partial charge in [0.1, 0.15) is 5.02 Å². The van der Waals surface area contributed by atoms with Crippen LogP contribution in [0.4, 0.5) is 27.9 Å². The van der Waals surface area contributed by atoms with Crippen molar-refractivity contribution in [3.63, 3.8) is 0 Å². The zero-order chi connectivity index (χ0) is 23.9. The highest BCUT2D eigenvalue weighted by molar-refractivity contribution is 7.89. The van der Waals surface area contributed by atoms with E-state index in [9.17, 15) is 13.2 Å². The highest BCUT2D eigenvalue weighted by atomic mass is 35.5. The number of carbonyl (C=O) groups is 1. The minimum atomic E-state index is -3.77. The number of hydrogen-bond acceptors (Lipinski definition) is 7. The Bertz CT molecular complexity index is 1500. The molecule has 0 radical (unpaired) electrons. The Labute approximate surface area is 200 Å². The molecule has 0 bridgehead atoms. The summed E-state index contributed by atoms with van der Waals surface area (Å²) in [5, 5.41) is 15.5. The van der Waals surface area contributed by atoms with Crippen LogP contribution in [0, 0.1) is 0 Å². The molecule has 1 fully saturated rings. The summed E-state index contributed by atoms with van der Waals surface area (Å²) in [6.45, 7) is 0. The van der Waals surface area contributed by atoms with E-state index in [4.69, 9.17) is 16.7 Å². The van der Waals surface area contributed by atoms with Crippen molar-refractivity contribution in [2.75, 3.05) is 10.6 Å². The first-order valence-electron chi connectivity index (χ1n) is 10.4. The molecule has 0 spiro atoms. The monoisotopic (exact) mass is 497 g/mol. The molecule has 0 unspecified atom stereocenters. The van der Waals surface area contributed by atoms with E-state index < -0.39 is 10.0 Å². The predicted octanol–water partition coefficient (Wildman–Crippen LogP) is 3.94. The summed E-state index contributed by atoms with van der Waals surface area (Å²) in [7, 11) is -3.77. The second-order valence-electron chi connectivity index (χ2n) is 7.89. The van der Waals surface area contributed by atoms with Crippen LogP contribution in [0.5, 0.6) is 0 Å². The molecule has 34 heavy (non-hydrogen) atoms. The molecule has 10 nitrogen and oxygen atoms in total. The number of anilines is 4. The Hall–Kier alpha value is -3.67. The van der Waals surface area contributed by atoms with Gasteiger partial charge in [0.15, 0.2) is 5.82 Å². The number of nitrogens with two attached hydrogens (primary N) is 1. The maximum Gasteiger partial charge on any atom is 0.326 e. The van der Waals surface area contributed by atoms with E-state index in [0.29, 0.717) is 16.5 Å². The van der Waals surface area contributed by atoms with Crippen LogP contribution >= 0.6 is 11.6 Å². The molecule has 0 aliphatic heterocycles. The Morgan fingerprint density at radius 1 is 1.06 bits per heavy atom. The molecule has 1 amide bonds. The molecule has 1 saturated carbocycles. The molecular formula is C22H20ClN7O3S. The quantitative estimate of drug-likeness (QED) is 0.316. The Morgan fingerprint density at radius 3 is 2.50 bits per heavy atom. The third-order valence-electron chi connectivity index (χ3n) is 5.26. The minimum absolute atomic E-state index is 0.00618. The van der Waals surface area contributed by atoms with Crippen molar-refractivity contribution >= 4 is 61.7 Å². The van der Waals surface area contributed by atoms with Gasteiger partial charge in [-0.05, 0) is 61.4 Å². The Kier molecular flexibility index (Phi) is 5.60. The number of fused-ring (bicyclic) bond motifs is 1. The van der Waals surface area contributed by atoms with Gasteiger partial charge >= 0.3 is 6.03 Å². The molecule has 0 saturated heterocycles. The number of amides is 1. The van der Waals surface area contributed by atoms with Crippen molar-refractivity contribution < 1.29 is 13.2 Å². The number of carbonyl (C=O) groups excluding carboxylic acids is 1. The highest BCUT2D eigenvalue weighted by Crippen LogP contribution is 2.28. The smallest absolute Gasteiger partial charge is 0.326 e. The van der Waals surface area contributed by atoms with Gasteiger partial charge in [0.2, 0.25) is 16.0 Å². The minimum Gasteiger partial charge on any atom is -0.339 e. The standard InChI is InChI=1S/C22H20ClN7O3S/c23-18-12-25-21(27-14-3-6-17(7-4-14)34(24,32)33)29-20(18)26-16-5-8-19-13(11-16)9-10-30(19)22(31)28-15-1-2-15/h3-12,15H,1-2H2,(H,28,31)(H2,24,32,33)(H2,25,26,27,29). The van der Waals surface area contributed by atoms with Gasteiger partial charge < -0.3 is 16.0 Å². The number of nitrogens with one attached hydrogen (secondary N) is 3. The van der Waals surface area contributed by atoms with Crippen LogP contribution in [0.15, 0.2) is 65.8 Å². The fraction of sp³-hybridized carbons (Fsp3) is 0.136. The summed E-state index contributed by atoms with van der Waals surface area (Å²) in [6.07, 6.45) is 5.25. The Morgan fingerprint density at radius 2 is 1.79 bits per heavy atom. The van der Waals surface area contributed by atoms with Crippen molar-refractivity contribution in [2.24, 2.45) is 5.14 Å². The molecule has 5 N–H and O–H groups in total. The van der Waals surface area contributed by atoms with Crippen molar-refractivity contribution in [3.8, 4) is 0 Å². The van der Waals surface area contributed by atoms with Gasteiger partial charge in [0, 0.05) is 29.0 Å². The van der Waals surface area contributed by atoms with Crippen LogP contribution in [0.3, 0.4) is 0 Å². The maximum absolute atomic E-state index is 12.4. The molecular weight excluding hydrogens is 478 g/mol. The first-order valence-corrected chi connectivity index (χ1v) is 12.3. The number of aromatic nitrogens is 3. The second kappa shape index (κ2) is 8.60. The van der Waals surface area contributed by atoms with Gasteiger partial charge in [-0.15, -0.1) is 0 Å². The molecule has 2 aromatic heterocycles. The van der Waals surface area contributed by atoms with Crippen LogP contribution < -0.4 is 21.1 Å². The SMILES string of the molecule is NS(=O)(=O)c1ccc(Nc2ncc(Cl)c(Nc3ccc4c(ccn4C(=O)NC4CC4)c3)n2)cc1. The lowest BCUT2D eigenvalue weighted by molar-refractivity contribution is 0.243. The van der Waals surface area contributed by atoms with E-state index in [1.54, 1.807) is 22.9 Å². The average molecular weight is 498 g/mol. The van der Waals surface area contributed by atoms with Crippen molar-refractivity contribution in [3.05, 3.63) is 65.9 Å². The fourth-order valence-electron chi connectivity index (χ4n) is 3.38. The largest absolute Gasteiger partial charge is 0.339 e. The third kappa shape index (κ3) is 4.81. The fourth-order valence-corrected chi connectivity index (χ4v) is 4.03. The zero-order valence-corrected chi connectivity index (χ0v) is 19.3.